The quantitative estimate of drug-likeness (QED) is 0.401. The molecule has 0 bridgehead atoms. The van der Waals surface area contributed by atoms with Crippen LogP contribution in [-0.4, -0.2) is 34.8 Å². The van der Waals surface area contributed by atoms with E-state index in [0.717, 1.165) is 37.8 Å². The molecule has 1 N–H and O–H groups in total. The number of fused-ring (bicyclic) bond motifs is 8. The van der Waals surface area contributed by atoms with Crippen LogP contribution in [0.3, 0.4) is 0 Å². The number of hydrogen-bond acceptors (Lipinski definition) is 4. The van der Waals surface area contributed by atoms with E-state index in [1.165, 1.54) is 22.3 Å². The lowest BCUT2D eigenvalue weighted by Crippen LogP contribution is -2.59. The van der Waals surface area contributed by atoms with Gasteiger partial charge in [-0.05, 0) is 98.3 Å². The third-order valence-corrected chi connectivity index (χ3v) is 11.8. The van der Waals surface area contributed by atoms with Gasteiger partial charge in [0.05, 0.1) is 6.04 Å². The van der Waals surface area contributed by atoms with Crippen LogP contribution in [0.5, 0.6) is 0 Å². The third-order valence-electron chi connectivity index (χ3n) is 11.8. The van der Waals surface area contributed by atoms with Gasteiger partial charge < -0.3 is 10.1 Å². The van der Waals surface area contributed by atoms with Crippen LogP contribution in [0.4, 0.5) is 4.79 Å². The lowest BCUT2D eigenvalue weighted by molar-refractivity contribution is -0.134. The van der Waals surface area contributed by atoms with Gasteiger partial charge in [0.15, 0.2) is 5.78 Å². The van der Waals surface area contributed by atoms with Gasteiger partial charge in [0.2, 0.25) is 5.91 Å². The smallest absolute Gasteiger partial charge is 0.414 e. The number of benzene rings is 2. The number of carbonyl (C=O) groups is 3. The van der Waals surface area contributed by atoms with Crippen LogP contribution in [0.25, 0.3) is 11.1 Å². The Morgan fingerprint density at radius 2 is 1.56 bits per heavy atom. The standard InChI is InChI=1S/C37H44N2O4/c1-35(2,3)43-34(42)39-21-27-28-14-15-30(36(28,4)19-17-29(27)37(5)18-16-22(40)20-31(37)39)33(41)38-32-25-12-8-6-10-23(25)24-11-7-9-13-26(24)32/h6-13,20,27-30,32H,14-19,21H2,1-5H3,(H,38,41)/t27-,28-,29-,30+,36-,37+/m0/s1. The van der Waals surface area contributed by atoms with Crippen LogP contribution >= 0.6 is 0 Å². The molecule has 0 spiro atoms. The fourth-order valence-corrected chi connectivity index (χ4v) is 9.78. The number of hydrogen-bond donors (Lipinski definition) is 1. The number of ether oxygens (including phenoxy) is 1. The monoisotopic (exact) mass is 580 g/mol. The molecular formula is C37H44N2O4. The summed E-state index contributed by atoms with van der Waals surface area (Å²) >= 11 is 0. The highest BCUT2D eigenvalue weighted by Gasteiger charge is 2.62. The van der Waals surface area contributed by atoms with Crippen molar-refractivity contribution < 1.29 is 19.1 Å². The van der Waals surface area contributed by atoms with Crippen LogP contribution in [0.2, 0.25) is 0 Å². The highest BCUT2D eigenvalue weighted by molar-refractivity contribution is 5.92. The maximum atomic E-state index is 14.3. The van der Waals surface area contributed by atoms with Crippen molar-refractivity contribution in [3.8, 4) is 11.1 Å². The first-order chi connectivity index (χ1) is 20.4. The molecule has 2 saturated carbocycles. The summed E-state index contributed by atoms with van der Waals surface area (Å²) in [4.78, 5) is 42.3. The van der Waals surface area contributed by atoms with E-state index in [0.29, 0.717) is 24.8 Å². The molecule has 5 aliphatic rings. The molecule has 2 aromatic rings. The van der Waals surface area contributed by atoms with Crippen molar-refractivity contribution in [1.82, 2.24) is 10.2 Å². The summed E-state index contributed by atoms with van der Waals surface area (Å²) in [6.45, 7) is 10.8. The lowest BCUT2D eigenvalue weighted by Gasteiger charge is -2.60. The van der Waals surface area contributed by atoms with Gasteiger partial charge in [-0.25, -0.2) is 4.79 Å². The number of piperidine rings is 1. The van der Waals surface area contributed by atoms with E-state index >= 15 is 0 Å². The van der Waals surface area contributed by atoms with Gasteiger partial charge in [0, 0.05) is 36.1 Å². The Bertz CT molecular complexity index is 1490. The first kappa shape index (κ1) is 28.4. The lowest BCUT2D eigenvalue weighted by atomic mass is 9.49. The van der Waals surface area contributed by atoms with Gasteiger partial charge in [-0.3, -0.25) is 14.5 Å². The van der Waals surface area contributed by atoms with Gasteiger partial charge >= 0.3 is 6.09 Å². The Hall–Kier alpha value is -3.41. The van der Waals surface area contributed by atoms with E-state index in [1.807, 2.05) is 20.8 Å². The second-order valence-electron chi connectivity index (χ2n) is 15.2. The third kappa shape index (κ3) is 4.38. The summed E-state index contributed by atoms with van der Waals surface area (Å²) < 4.78 is 5.88. The Morgan fingerprint density at radius 3 is 2.21 bits per heavy atom. The summed E-state index contributed by atoms with van der Waals surface area (Å²) in [6.07, 6.45) is 6.45. The minimum absolute atomic E-state index is 0.0778. The van der Waals surface area contributed by atoms with Crippen LogP contribution in [0.15, 0.2) is 60.3 Å². The SMILES string of the molecule is CC(C)(C)OC(=O)N1C[C@H]2[C@@H]3CC[C@H](C(=O)NC4c5ccccc5-c5ccccc54)[C@@]3(C)CC[C@@H]2[C@@]2(C)CCC(=O)C=C12. The van der Waals surface area contributed by atoms with Gasteiger partial charge in [-0.2, -0.15) is 0 Å². The molecule has 43 heavy (non-hydrogen) atoms. The maximum absolute atomic E-state index is 14.3. The highest BCUT2D eigenvalue weighted by atomic mass is 16.6. The average molecular weight is 581 g/mol. The molecule has 6 nitrogen and oxygen atoms in total. The molecule has 7 rings (SSSR count). The summed E-state index contributed by atoms with van der Waals surface area (Å²) in [5, 5.41) is 3.50. The Kier molecular flexibility index (Phi) is 6.47. The van der Waals surface area contributed by atoms with E-state index in [2.05, 4.69) is 67.7 Å². The zero-order valence-electron chi connectivity index (χ0n) is 26.1. The van der Waals surface area contributed by atoms with Crippen LogP contribution in [0.1, 0.15) is 90.3 Å². The normalized spacial score (nSPS) is 33.0. The zero-order chi connectivity index (χ0) is 30.3. The fraction of sp³-hybridized carbons (Fsp3) is 0.541. The second-order valence-corrected chi connectivity index (χ2v) is 15.2. The number of amides is 2. The molecule has 3 fully saturated rings. The largest absolute Gasteiger partial charge is 0.443 e. The number of ketones is 1. The molecule has 2 aromatic carbocycles. The van der Waals surface area contributed by atoms with Crippen LogP contribution in [0, 0.1) is 34.5 Å². The first-order valence-electron chi connectivity index (χ1n) is 16.1. The van der Waals surface area contributed by atoms with Crippen molar-refractivity contribution in [3.63, 3.8) is 0 Å². The minimum Gasteiger partial charge on any atom is -0.443 e. The van der Waals surface area contributed by atoms with Crippen molar-refractivity contribution in [1.29, 1.82) is 0 Å². The van der Waals surface area contributed by atoms with E-state index in [1.54, 1.807) is 11.0 Å². The number of rotatable bonds is 2. The summed E-state index contributed by atoms with van der Waals surface area (Å²) in [7, 11) is 0. The number of likely N-dealkylation sites (tertiary alicyclic amines) is 1. The van der Waals surface area contributed by atoms with Crippen molar-refractivity contribution in [2.75, 3.05) is 6.54 Å². The van der Waals surface area contributed by atoms with Crippen molar-refractivity contribution >= 4 is 17.8 Å². The molecule has 1 heterocycles. The Labute approximate surface area is 255 Å². The number of carbonyl (C=O) groups excluding carboxylic acids is 3. The van der Waals surface area contributed by atoms with E-state index in [-0.39, 0.29) is 46.5 Å². The van der Waals surface area contributed by atoms with Crippen molar-refractivity contribution in [3.05, 3.63) is 71.4 Å². The van der Waals surface area contributed by atoms with Crippen LogP contribution < -0.4 is 5.32 Å². The molecule has 1 saturated heterocycles. The molecule has 6 heteroatoms. The summed E-state index contributed by atoms with van der Waals surface area (Å²) in [5.74, 6) is 1.12. The van der Waals surface area contributed by atoms with Gasteiger partial charge in [-0.1, -0.05) is 62.4 Å². The Balaban J connectivity index is 1.18. The predicted molar refractivity (Wildman–Crippen MR) is 166 cm³/mol. The topological polar surface area (TPSA) is 75.7 Å². The summed E-state index contributed by atoms with van der Waals surface area (Å²) in [6, 6.07) is 16.7. The molecule has 0 aromatic heterocycles. The van der Waals surface area contributed by atoms with Gasteiger partial charge in [-0.15, -0.1) is 0 Å². The number of nitrogens with zero attached hydrogens (tertiary/aromatic N) is 1. The second kappa shape index (κ2) is 9.80. The average Bonchev–Trinajstić information content (AvgIpc) is 3.47. The number of nitrogens with one attached hydrogen (secondary N) is 1. The molecule has 0 radical (unpaired) electrons. The van der Waals surface area contributed by atoms with E-state index < -0.39 is 5.60 Å². The predicted octanol–water partition coefficient (Wildman–Crippen LogP) is 7.44. The highest BCUT2D eigenvalue weighted by Crippen LogP contribution is 2.65. The van der Waals surface area contributed by atoms with Gasteiger partial charge in [0.1, 0.15) is 5.60 Å². The fourth-order valence-electron chi connectivity index (χ4n) is 9.78. The zero-order valence-corrected chi connectivity index (χ0v) is 26.1. The molecule has 0 unspecified atom stereocenters. The van der Waals surface area contributed by atoms with Crippen molar-refractivity contribution in [2.45, 2.75) is 84.8 Å². The molecule has 226 valence electrons. The van der Waals surface area contributed by atoms with Crippen LogP contribution in [-0.2, 0) is 14.3 Å². The maximum Gasteiger partial charge on any atom is 0.414 e. The van der Waals surface area contributed by atoms with Gasteiger partial charge in [0.25, 0.3) is 0 Å². The first-order valence-corrected chi connectivity index (χ1v) is 16.1. The van der Waals surface area contributed by atoms with Crippen molar-refractivity contribution in [2.24, 2.45) is 34.5 Å². The Morgan fingerprint density at radius 1 is 0.907 bits per heavy atom. The summed E-state index contributed by atoms with van der Waals surface area (Å²) in [5.41, 5.74) is 4.54. The minimum atomic E-state index is -0.626. The molecule has 4 aliphatic carbocycles. The number of allylic oxidation sites excluding steroid dienone is 2. The van der Waals surface area contributed by atoms with E-state index in [4.69, 9.17) is 4.74 Å². The molecule has 1 aliphatic heterocycles. The molecular weight excluding hydrogens is 536 g/mol. The molecule has 2 amide bonds. The molecule has 6 atom stereocenters. The van der Waals surface area contributed by atoms with E-state index in [9.17, 15) is 14.4 Å².